The Morgan fingerprint density at radius 3 is 2.33 bits per heavy atom. The van der Waals surface area contributed by atoms with Crippen molar-refractivity contribution in [3.8, 4) is 0 Å². The number of hydrogen-bond acceptors (Lipinski definition) is 5. The minimum atomic E-state index is -3.98. The number of carbonyl (C=O) groups excluding carboxylic acids is 3. The molecule has 0 saturated heterocycles. The first-order chi connectivity index (χ1) is 14.3. The van der Waals surface area contributed by atoms with E-state index in [4.69, 9.17) is 0 Å². The first kappa shape index (κ1) is 21.5. The Labute approximate surface area is 175 Å². The fourth-order valence-electron chi connectivity index (χ4n) is 3.36. The third-order valence-corrected chi connectivity index (χ3v) is 6.89. The highest BCUT2D eigenvalue weighted by atomic mass is 32.2. The molecule has 9 heteroatoms. The highest BCUT2D eigenvalue weighted by molar-refractivity contribution is 7.90. The van der Waals surface area contributed by atoms with Gasteiger partial charge < -0.3 is 10.2 Å². The summed E-state index contributed by atoms with van der Waals surface area (Å²) in [6, 6.07) is 14.4. The number of rotatable bonds is 7. The molecule has 158 valence electrons. The van der Waals surface area contributed by atoms with E-state index in [0.29, 0.717) is 0 Å². The Morgan fingerprint density at radius 2 is 1.70 bits per heavy atom. The summed E-state index contributed by atoms with van der Waals surface area (Å²) < 4.78 is 26.1. The van der Waals surface area contributed by atoms with Gasteiger partial charge in [0.2, 0.25) is 11.8 Å². The Hall–Kier alpha value is -3.20. The first-order valence-electron chi connectivity index (χ1n) is 9.48. The van der Waals surface area contributed by atoms with Crippen LogP contribution in [0.5, 0.6) is 0 Å². The summed E-state index contributed by atoms with van der Waals surface area (Å²) in [6.07, 6.45) is -0.229. The summed E-state index contributed by atoms with van der Waals surface area (Å²) in [7, 11) is -2.50. The molecule has 0 aliphatic carbocycles. The van der Waals surface area contributed by atoms with E-state index in [2.05, 4.69) is 5.32 Å². The second-order valence-corrected chi connectivity index (χ2v) is 8.76. The van der Waals surface area contributed by atoms with Gasteiger partial charge in [-0.1, -0.05) is 42.5 Å². The number of likely N-dealkylation sites (N-methyl/N-ethyl adjacent to an activating group) is 1. The van der Waals surface area contributed by atoms with Crippen molar-refractivity contribution in [3.05, 3.63) is 65.7 Å². The third-order valence-electron chi connectivity index (χ3n) is 5.05. The van der Waals surface area contributed by atoms with Crippen LogP contribution in [-0.4, -0.2) is 55.0 Å². The van der Waals surface area contributed by atoms with Crippen LogP contribution in [0.4, 0.5) is 0 Å². The molecule has 1 heterocycles. The summed E-state index contributed by atoms with van der Waals surface area (Å²) in [4.78, 5) is 39.0. The number of fused-ring (bicyclic) bond motifs is 1. The van der Waals surface area contributed by atoms with Crippen LogP contribution in [0.15, 0.2) is 59.5 Å². The van der Waals surface area contributed by atoms with Gasteiger partial charge >= 0.3 is 0 Å². The average molecular weight is 429 g/mol. The van der Waals surface area contributed by atoms with Crippen LogP contribution in [-0.2, 0) is 26.2 Å². The molecule has 0 unspecified atom stereocenters. The van der Waals surface area contributed by atoms with Gasteiger partial charge in [-0.25, -0.2) is 12.7 Å². The van der Waals surface area contributed by atoms with Crippen molar-refractivity contribution in [1.82, 2.24) is 14.5 Å². The molecule has 2 aromatic carbocycles. The second kappa shape index (κ2) is 8.66. The lowest BCUT2D eigenvalue weighted by Crippen LogP contribution is -2.47. The van der Waals surface area contributed by atoms with Gasteiger partial charge in [-0.15, -0.1) is 0 Å². The Balaban J connectivity index is 1.78. The van der Waals surface area contributed by atoms with Crippen LogP contribution < -0.4 is 5.32 Å². The van der Waals surface area contributed by atoms with Crippen molar-refractivity contribution in [3.63, 3.8) is 0 Å². The molecule has 1 aliphatic heterocycles. The molecular formula is C21H23N3O5S. The van der Waals surface area contributed by atoms with Gasteiger partial charge in [0.15, 0.2) is 0 Å². The summed E-state index contributed by atoms with van der Waals surface area (Å²) >= 11 is 0. The second-order valence-electron chi connectivity index (χ2n) is 6.93. The zero-order valence-corrected chi connectivity index (χ0v) is 17.6. The predicted molar refractivity (Wildman–Crippen MR) is 110 cm³/mol. The largest absolute Gasteiger partial charge is 0.357 e. The standard InChI is InChI=1S/C21H23N3O5S/c1-15(20(26)22-2)23(14-16-8-4-3-5-9-16)19(25)12-13-24-21(27)17-10-6-7-11-18(17)30(24,28)29/h3-11,15H,12-14H2,1-2H3,(H,22,26)/t15-/m1/s1. The Morgan fingerprint density at radius 1 is 1.07 bits per heavy atom. The molecule has 3 amide bonds. The van der Waals surface area contributed by atoms with E-state index in [1.54, 1.807) is 19.1 Å². The third kappa shape index (κ3) is 4.06. The molecule has 1 aliphatic rings. The minimum Gasteiger partial charge on any atom is -0.357 e. The van der Waals surface area contributed by atoms with Crippen LogP contribution in [0.3, 0.4) is 0 Å². The van der Waals surface area contributed by atoms with Gasteiger partial charge in [0.1, 0.15) is 10.9 Å². The summed E-state index contributed by atoms with van der Waals surface area (Å²) in [5, 5.41) is 2.52. The quantitative estimate of drug-likeness (QED) is 0.716. The molecule has 0 radical (unpaired) electrons. The van der Waals surface area contributed by atoms with Gasteiger partial charge in [0.05, 0.1) is 5.56 Å². The Kier molecular flexibility index (Phi) is 6.21. The van der Waals surface area contributed by atoms with E-state index < -0.39 is 27.9 Å². The van der Waals surface area contributed by atoms with Crippen LogP contribution in [0.2, 0.25) is 0 Å². The maximum atomic E-state index is 13.0. The molecule has 0 fully saturated rings. The van der Waals surface area contributed by atoms with Crippen molar-refractivity contribution in [2.75, 3.05) is 13.6 Å². The number of benzene rings is 2. The van der Waals surface area contributed by atoms with E-state index in [1.807, 2.05) is 30.3 Å². The van der Waals surface area contributed by atoms with E-state index in [0.717, 1.165) is 9.87 Å². The number of amides is 3. The minimum absolute atomic E-state index is 0.0534. The summed E-state index contributed by atoms with van der Waals surface area (Å²) in [5.74, 6) is -1.40. The van der Waals surface area contributed by atoms with E-state index in [-0.39, 0.29) is 35.9 Å². The maximum Gasteiger partial charge on any atom is 0.269 e. The van der Waals surface area contributed by atoms with Gasteiger partial charge in [-0.3, -0.25) is 14.4 Å². The topological polar surface area (TPSA) is 104 Å². The first-order valence-corrected chi connectivity index (χ1v) is 10.9. The number of nitrogens with zero attached hydrogens (tertiary/aromatic N) is 2. The summed E-state index contributed by atoms with van der Waals surface area (Å²) in [6.45, 7) is 1.50. The lowest BCUT2D eigenvalue weighted by atomic mass is 10.1. The molecule has 3 rings (SSSR count). The lowest BCUT2D eigenvalue weighted by molar-refractivity contribution is -0.140. The van der Waals surface area contributed by atoms with Crippen LogP contribution in [0.1, 0.15) is 29.3 Å². The monoisotopic (exact) mass is 429 g/mol. The smallest absolute Gasteiger partial charge is 0.269 e. The SMILES string of the molecule is CNC(=O)[C@@H](C)N(Cc1ccccc1)C(=O)CCN1C(=O)c2ccccc2S1(=O)=O. The molecule has 8 nitrogen and oxygen atoms in total. The number of sulfonamides is 1. The molecule has 0 spiro atoms. The van der Waals surface area contributed by atoms with Crippen molar-refractivity contribution in [1.29, 1.82) is 0 Å². The molecule has 1 atom stereocenters. The number of carbonyl (C=O) groups is 3. The molecule has 0 bridgehead atoms. The number of nitrogens with one attached hydrogen (secondary N) is 1. The van der Waals surface area contributed by atoms with E-state index in [9.17, 15) is 22.8 Å². The van der Waals surface area contributed by atoms with Gasteiger partial charge in [0.25, 0.3) is 15.9 Å². The van der Waals surface area contributed by atoms with Crippen LogP contribution in [0.25, 0.3) is 0 Å². The average Bonchev–Trinajstić information content (AvgIpc) is 2.95. The molecule has 1 N–H and O–H groups in total. The van der Waals surface area contributed by atoms with Gasteiger partial charge in [0, 0.05) is 26.6 Å². The van der Waals surface area contributed by atoms with Crippen molar-refractivity contribution in [2.45, 2.75) is 30.8 Å². The zero-order chi connectivity index (χ0) is 21.9. The summed E-state index contributed by atoms with van der Waals surface area (Å²) in [5.41, 5.74) is 0.934. The molecule has 2 aromatic rings. The molecule has 30 heavy (non-hydrogen) atoms. The maximum absolute atomic E-state index is 13.0. The molecular weight excluding hydrogens is 406 g/mol. The number of hydrogen-bond donors (Lipinski definition) is 1. The Bertz CT molecular complexity index is 1070. The fourth-order valence-corrected chi connectivity index (χ4v) is 4.93. The fraction of sp³-hybridized carbons (Fsp3) is 0.286. The highest BCUT2D eigenvalue weighted by Gasteiger charge is 2.41. The van der Waals surface area contributed by atoms with E-state index >= 15 is 0 Å². The molecule has 0 aromatic heterocycles. The van der Waals surface area contributed by atoms with Crippen molar-refractivity contribution in [2.24, 2.45) is 0 Å². The molecule has 0 saturated carbocycles. The van der Waals surface area contributed by atoms with Crippen LogP contribution >= 0.6 is 0 Å². The zero-order valence-electron chi connectivity index (χ0n) is 16.7. The van der Waals surface area contributed by atoms with Gasteiger partial charge in [-0.05, 0) is 24.6 Å². The van der Waals surface area contributed by atoms with Crippen molar-refractivity contribution >= 4 is 27.7 Å². The van der Waals surface area contributed by atoms with Gasteiger partial charge in [-0.2, -0.15) is 0 Å². The van der Waals surface area contributed by atoms with E-state index in [1.165, 1.54) is 24.1 Å². The lowest BCUT2D eigenvalue weighted by Gasteiger charge is -2.29. The van der Waals surface area contributed by atoms with Crippen molar-refractivity contribution < 1.29 is 22.8 Å². The predicted octanol–water partition coefficient (Wildman–Crippen LogP) is 1.38. The highest BCUT2D eigenvalue weighted by Crippen LogP contribution is 2.30. The normalized spacial score (nSPS) is 15.4. The van der Waals surface area contributed by atoms with Crippen LogP contribution in [0, 0.1) is 0 Å².